The molecule has 0 fully saturated rings. The van der Waals surface area contributed by atoms with E-state index in [9.17, 15) is 0 Å². The largest absolute Gasteiger partial charge is 0.353 e. The summed E-state index contributed by atoms with van der Waals surface area (Å²) >= 11 is 5.81. The van der Waals surface area contributed by atoms with Gasteiger partial charge in [-0.15, -0.1) is 0 Å². The molecular formula is C7H10ClN. The smallest absolute Gasteiger partial charge is 0.0614 e. The molecule has 1 aromatic heterocycles. The first-order valence-corrected chi connectivity index (χ1v) is 3.28. The zero-order valence-corrected chi connectivity index (χ0v) is 6.66. The molecule has 1 aromatic rings. The van der Waals surface area contributed by atoms with E-state index in [1.807, 2.05) is 24.7 Å². The van der Waals surface area contributed by atoms with Gasteiger partial charge in [0.1, 0.15) is 0 Å². The van der Waals surface area contributed by atoms with E-state index in [2.05, 4.69) is 6.92 Å². The average Bonchev–Trinajstić information content (AvgIpc) is 1.98. The Bertz CT molecular complexity index is 203. The molecule has 0 spiro atoms. The third-order valence-electron chi connectivity index (χ3n) is 1.74. The minimum Gasteiger partial charge on any atom is -0.353 e. The van der Waals surface area contributed by atoms with Gasteiger partial charge in [0.15, 0.2) is 0 Å². The van der Waals surface area contributed by atoms with Crippen LogP contribution >= 0.6 is 11.6 Å². The van der Waals surface area contributed by atoms with E-state index in [1.165, 1.54) is 11.3 Å². The van der Waals surface area contributed by atoms with Crippen LogP contribution in [0.4, 0.5) is 0 Å². The summed E-state index contributed by atoms with van der Waals surface area (Å²) < 4.78 is 2.03. The molecule has 9 heavy (non-hydrogen) atoms. The van der Waals surface area contributed by atoms with Crippen LogP contribution in [0.1, 0.15) is 11.3 Å². The van der Waals surface area contributed by atoms with Crippen molar-refractivity contribution in [1.82, 2.24) is 4.57 Å². The van der Waals surface area contributed by atoms with Gasteiger partial charge in [-0.05, 0) is 19.4 Å². The number of nitrogens with zero attached hydrogens (tertiary/aromatic N) is 1. The molecule has 0 bridgehead atoms. The molecule has 1 nitrogen and oxygen atoms in total. The van der Waals surface area contributed by atoms with Crippen molar-refractivity contribution in [2.24, 2.45) is 7.05 Å². The van der Waals surface area contributed by atoms with Gasteiger partial charge in [-0.25, -0.2) is 0 Å². The summed E-state index contributed by atoms with van der Waals surface area (Å²) in [7, 11) is 1.99. The fourth-order valence-electron chi connectivity index (χ4n) is 0.801. The average molecular weight is 144 g/mol. The van der Waals surface area contributed by atoms with Gasteiger partial charge >= 0.3 is 0 Å². The molecule has 0 N–H and O–H groups in total. The van der Waals surface area contributed by atoms with Gasteiger partial charge in [0, 0.05) is 18.9 Å². The normalized spacial score (nSPS) is 10.2. The highest BCUT2D eigenvalue weighted by atomic mass is 35.5. The Morgan fingerprint density at radius 3 is 2.11 bits per heavy atom. The number of hydrogen-bond acceptors (Lipinski definition) is 0. The Morgan fingerprint density at radius 2 is 2.00 bits per heavy atom. The van der Waals surface area contributed by atoms with E-state index in [0.29, 0.717) is 0 Å². The number of halogens is 1. The highest BCUT2D eigenvalue weighted by Crippen LogP contribution is 2.18. The molecule has 0 aromatic carbocycles. The third kappa shape index (κ3) is 0.969. The molecule has 0 unspecified atom stereocenters. The molecule has 0 aliphatic rings. The van der Waals surface area contributed by atoms with Gasteiger partial charge in [-0.2, -0.15) is 0 Å². The zero-order chi connectivity index (χ0) is 7.02. The van der Waals surface area contributed by atoms with Crippen LogP contribution in [0.25, 0.3) is 0 Å². The Morgan fingerprint density at radius 1 is 1.44 bits per heavy atom. The third-order valence-corrected chi connectivity index (χ3v) is 2.12. The van der Waals surface area contributed by atoms with Gasteiger partial charge in [-0.1, -0.05) is 11.6 Å². The van der Waals surface area contributed by atoms with E-state index >= 15 is 0 Å². The summed E-state index contributed by atoms with van der Waals surface area (Å²) in [4.78, 5) is 0. The molecule has 0 aliphatic heterocycles. The van der Waals surface area contributed by atoms with E-state index in [1.54, 1.807) is 0 Å². The predicted molar refractivity (Wildman–Crippen MR) is 39.9 cm³/mol. The fourth-order valence-corrected chi connectivity index (χ4v) is 1.08. The van der Waals surface area contributed by atoms with Crippen LogP contribution in [0.2, 0.25) is 5.02 Å². The number of hydrogen-bond donors (Lipinski definition) is 0. The maximum absolute atomic E-state index is 5.81. The summed E-state index contributed by atoms with van der Waals surface area (Å²) in [5, 5.41) is 0.856. The summed E-state index contributed by atoms with van der Waals surface area (Å²) in [6, 6.07) is 0. The second-order valence-electron chi connectivity index (χ2n) is 2.30. The lowest BCUT2D eigenvalue weighted by atomic mass is 10.3. The molecule has 0 radical (unpaired) electrons. The minimum atomic E-state index is 0.856. The van der Waals surface area contributed by atoms with Gasteiger partial charge in [-0.3, -0.25) is 0 Å². The summed E-state index contributed by atoms with van der Waals surface area (Å²) in [5.74, 6) is 0. The second-order valence-corrected chi connectivity index (χ2v) is 2.71. The monoisotopic (exact) mass is 143 g/mol. The van der Waals surface area contributed by atoms with Crippen molar-refractivity contribution < 1.29 is 0 Å². The summed E-state index contributed by atoms with van der Waals surface area (Å²) in [6.07, 6.45) is 1.92. The number of aryl methyl sites for hydroxylation is 1. The van der Waals surface area contributed by atoms with Crippen LogP contribution in [0, 0.1) is 13.8 Å². The van der Waals surface area contributed by atoms with Crippen LogP contribution < -0.4 is 0 Å². The Labute approximate surface area is 60.2 Å². The first kappa shape index (κ1) is 6.69. The van der Waals surface area contributed by atoms with Crippen molar-refractivity contribution in [2.75, 3.05) is 0 Å². The van der Waals surface area contributed by atoms with Crippen LogP contribution in [0.3, 0.4) is 0 Å². The number of rotatable bonds is 0. The lowest BCUT2D eigenvalue weighted by Gasteiger charge is -1.93. The first-order valence-electron chi connectivity index (χ1n) is 2.91. The molecule has 50 valence electrons. The fraction of sp³-hybridized carbons (Fsp3) is 0.429. The zero-order valence-electron chi connectivity index (χ0n) is 5.90. The van der Waals surface area contributed by atoms with Crippen LogP contribution in [0.5, 0.6) is 0 Å². The van der Waals surface area contributed by atoms with Crippen molar-refractivity contribution in [2.45, 2.75) is 13.8 Å². The van der Waals surface area contributed by atoms with E-state index in [-0.39, 0.29) is 0 Å². The SMILES string of the molecule is Cc1c(Cl)cn(C)c1C. The van der Waals surface area contributed by atoms with E-state index in [4.69, 9.17) is 11.6 Å². The second kappa shape index (κ2) is 2.07. The predicted octanol–water partition coefficient (Wildman–Crippen LogP) is 2.30. The molecule has 0 amide bonds. The molecule has 2 heteroatoms. The topological polar surface area (TPSA) is 4.93 Å². The van der Waals surface area contributed by atoms with Gasteiger partial charge < -0.3 is 4.57 Å². The van der Waals surface area contributed by atoms with Crippen molar-refractivity contribution in [3.63, 3.8) is 0 Å². The minimum absolute atomic E-state index is 0.856. The highest BCUT2D eigenvalue weighted by molar-refractivity contribution is 6.31. The highest BCUT2D eigenvalue weighted by Gasteiger charge is 2.01. The summed E-state index contributed by atoms with van der Waals surface area (Å²) in [5.41, 5.74) is 2.42. The molecule has 1 heterocycles. The molecule has 0 aliphatic carbocycles. The lowest BCUT2D eigenvalue weighted by Crippen LogP contribution is -1.87. The van der Waals surface area contributed by atoms with Crippen LogP contribution in [0.15, 0.2) is 6.20 Å². The number of aromatic nitrogens is 1. The van der Waals surface area contributed by atoms with Gasteiger partial charge in [0.2, 0.25) is 0 Å². The lowest BCUT2D eigenvalue weighted by molar-refractivity contribution is 0.877. The van der Waals surface area contributed by atoms with Crippen LogP contribution in [-0.4, -0.2) is 4.57 Å². The molecule has 0 saturated carbocycles. The first-order chi connectivity index (χ1) is 4.13. The summed E-state index contributed by atoms with van der Waals surface area (Å²) in [6.45, 7) is 4.08. The van der Waals surface area contributed by atoms with E-state index < -0.39 is 0 Å². The van der Waals surface area contributed by atoms with Gasteiger partial charge in [0.25, 0.3) is 0 Å². The quantitative estimate of drug-likeness (QED) is 0.525. The Balaban J connectivity index is 3.29. The van der Waals surface area contributed by atoms with Crippen LogP contribution in [-0.2, 0) is 7.05 Å². The van der Waals surface area contributed by atoms with Crippen molar-refractivity contribution in [1.29, 1.82) is 0 Å². The van der Waals surface area contributed by atoms with E-state index in [0.717, 1.165) is 5.02 Å². The molecule has 0 saturated heterocycles. The molecule has 0 atom stereocenters. The Hall–Kier alpha value is -0.430. The van der Waals surface area contributed by atoms with Crippen molar-refractivity contribution >= 4 is 11.6 Å². The maximum Gasteiger partial charge on any atom is 0.0614 e. The molecular weight excluding hydrogens is 134 g/mol. The maximum atomic E-state index is 5.81. The Kier molecular flexibility index (Phi) is 1.54. The van der Waals surface area contributed by atoms with Crippen molar-refractivity contribution in [3.05, 3.63) is 22.5 Å². The van der Waals surface area contributed by atoms with Crippen molar-refractivity contribution in [3.8, 4) is 0 Å². The van der Waals surface area contributed by atoms with Gasteiger partial charge in [0.05, 0.1) is 5.02 Å². The molecule has 1 rings (SSSR count). The standard InChI is InChI=1S/C7H10ClN/c1-5-6(2)9(3)4-7(5)8/h4H,1-3H3.